The van der Waals surface area contributed by atoms with Gasteiger partial charge in [0.25, 0.3) is 10.0 Å². The highest BCUT2D eigenvalue weighted by Gasteiger charge is 2.31. The molecule has 0 spiro atoms. The Bertz CT molecular complexity index is 1180. The van der Waals surface area contributed by atoms with Crippen molar-refractivity contribution in [3.05, 3.63) is 71.0 Å². The van der Waals surface area contributed by atoms with E-state index >= 15 is 0 Å². The molecule has 1 heterocycles. The number of nitrogens with zero attached hydrogens (tertiary/aromatic N) is 1. The zero-order valence-corrected chi connectivity index (χ0v) is 17.9. The number of sulfonamides is 1. The summed E-state index contributed by atoms with van der Waals surface area (Å²) < 4.78 is 32.6. The number of ether oxygens (including phenoxy) is 1. The zero-order chi connectivity index (χ0) is 22.8. The van der Waals surface area contributed by atoms with E-state index in [9.17, 15) is 23.1 Å². The van der Waals surface area contributed by atoms with Crippen molar-refractivity contribution in [1.29, 1.82) is 5.41 Å². The van der Waals surface area contributed by atoms with Crippen LogP contribution in [0.3, 0.4) is 0 Å². The van der Waals surface area contributed by atoms with Crippen molar-refractivity contribution in [2.24, 2.45) is 0 Å². The fraction of sp³-hybridized carbons (Fsp3) is 0.227. The minimum absolute atomic E-state index is 0.0164. The maximum absolute atomic E-state index is 13.1. The molecule has 0 aliphatic carbocycles. The second-order valence-corrected chi connectivity index (χ2v) is 8.93. The van der Waals surface area contributed by atoms with E-state index < -0.39 is 34.1 Å². The molecule has 2 aromatic rings. The number of para-hydroxylation sites is 1. The normalized spacial score (nSPS) is 13.9. The number of nitrogens with one attached hydrogen (secondary N) is 1. The molecule has 2 N–H and O–H groups in total. The summed E-state index contributed by atoms with van der Waals surface area (Å²) in [4.78, 5) is 23.9. The number of anilines is 1. The van der Waals surface area contributed by atoms with Crippen molar-refractivity contribution in [3.63, 3.8) is 0 Å². The Morgan fingerprint density at radius 3 is 2.52 bits per heavy atom. The van der Waals surface area contributed by atoms with Gasteiger partial charge in [-0.15, -0.1) is 0 Å². The Labute approximate surface area is 180 Å². The van der Waals surface area contributed by atoms with Crippen LogP contribution in [0.4, 0.5) is 5.69 Å². The molecule has 31 heavy (non-hydrogen) atoms. The molecule has 8 nitrogen and oxygen atoms in total. The minimum atomic E-state index is -3.88. The zero-order valence-electron chi connectivity index (χ0n) is 17.1. The standard InChI is InChI=1S/C22H22N2O6S/c1-14(23)21(15(2)25)20(26)13-30-22(27)17-7-5-8-18(12-17)31(28,29)24-11-10-16-6-3-4-9-19(16)24/h3-9,12,23,26H,10-11,13H2,1-2H3/b21-20-,23-14?. The van der Waals surface area contributed by atoms with E-state index in [4.69, 9.17) is 10.1 Å². The number of hydrogen-bond acceptors (Lipinski definition) is 7. The van der Waals surface area contributed by atoms with Crippen LogP contribution in [0.15, 0.2) is 64.8 Å². The van der Waals surface area contributed by atoms with Gasteiger partial charge in [-0.3, -0.25) is 9.10 Å². The van der Waals surface area contributed by atoms with Gasteiger partial charge in [-0.2, -0.15) is 0 Å². The molecule has 0 saturated carbocycles. The molecule has 162 valence electrons. The fourth-order valence-electron chi connectivity index (χ4n) is 3.44. The molecule has 1 aliphatic heterocycles. The second kappa shape index (κ2) is 8.73. The molecule has 3 rings (SSSR count). The van der Waals surface area contributed by atoms with Crippen molar-refractivity contribution >= 4 is 33.2 Å². The van der Waals surface area contributed by atoms with Crippen molar-refractivity contribution in [2.75, 3.05) is 17.5 Å². The van der Waals surface area contributed by atoms with Gasteiger partial charge >= 0.3 is 5.97 Å². The lowest BCUT2D eigenvalue weighted by Gasteiger charge is -2.19. The van der Waals surface area contributed by atoms with Gasteiger partial charge in [0.1, 0.15) is 12.4 Å². The first-order chi connectivity index (χ1) is 14.6. The number of fused-ring (bicyclic) bond motifs is 1. The van der Waals surface area contributed by atoms with Crippen LogP contribution >= 0.6 is 0 Å². The summed E-state index contributed by atoms with van der Waals surface area (Å²) >= 11 is 0. The quantitative estimate of drug-likeness (QED) is 0.294. The van der Waals surface area contributed by atoms with Crippen LogP contribution in [-0.4, -0.2) is 44.1 Å². The number of aliphatic hydroxyl groups is 1. The molecule has 0 bridgehead atoms. The maximum atomic E-state index is 13.1. The average Bonchev–Trinajstić information content (AvgIpc) is 3.16. The van der Waals surface area contributed by atoms with Crippen LogP contribution in [-0.2, 0) is 26.0 Å². The molecule has 0 unspecified atom stereocenters. The molecule has 1 aliphatic rings. The largest absolute Gasteiger partial charge is 0.508 e. The number of esters is 1. The van der Waals surface area contributed by atoms with Crippen molar-refractivity contribution in [2.45, 2.75) is 25.2 Å². The summed E-state index contributed by atoms with van der Waals surface area (Å²) in [7, 11) is -3.88. The Balaban J connectivity index is 1.82. The molecule has 0 saturated heterocycles. The molecule has 0 radical (unpaired) electrons. The van der Waals surface area contributed by atoms with Gasteiger partial charge in [-0.05, 0) is 50.1 Å². The van der Waals surface area contributed by atoms with Crippen molar-refractivity contribution in [3.8, 4) is 0 Å². The lowest BCUT2D eigenvalue weighted by molar-refractivity contribution is -0.113. The maximum Gasteiger partial charge on any atom is 0.338 e. The van der Waals surface area contributed by atoms with Crippen LogP contribution in [0.25, 0.3) is 0 Å². The van der Waals surface area contributed by atoms with E-state index in [0.717, 1.165) is 5.56 Å². The molecule has 9 heteroatoms. The van der Waals surface area contributed by atoms with E-state index in [0.29, 0.717) is 18.7 Å². The lowest BCUT2D eigenvalue weighted by atomic mass is 10.1. The predicted octanol–water partition coefficient (Wildman–Crippen LogP) is 3.04. The van der Waals surface area contributed by atoms with Gasteiger partial charge in [0.2, 0.25) is 0 Å². The summed E-state index contributed by atoms with van der Waals surface area (Å²) in [5, 5.41) is 17.5. The van der Waals surface area contributed by atoms with Crippen LogP contribution < -0.4 is 4.31 Å². The van der Waals surface area contributed by atoms with Crippen molar-refractivity contribution < 1.29 is 27.9 Å². The highest BCUT2D eigenvalue weighted by Crippen LogP contribution is 2.32. The summed E-state index contributed by atoms with van der Waals surface area (Å²) in [6.45, 7) is 2.22. The molecule has 0 atom stereocenters. The Morgan fingerprint density at radius 1 is 1.13 bits per heavy atom. The van der Waals surface area contributed by atoms with Crippen LogP contribution in [0.5, 0.6) is 0 Å². The molecular formula is C22H22N2O6S. The van der Waals surface area contributed by atoms with Crippen LogP contribution in [0, 0.1) is 5.41 Å². The first-order valence-electron chi connectivity index (χ1n) is 9.49. The van der Waals surface area contributed by atoms with Crippen LogP contribution in [0.1, 0.15) is 29.8 Å². The average molecular weight is 442 g/mol. The van der Waals surface area contributed by atoms with Crippen LogP contribution in [0.2, 0.25) is 0 Å². The number of aliphatic hydroxyl groups excluding tert-OH is 1. The Kier molecular flexibility index (Phi) is 6.26. The molecular weight excluding hydrogens is 420 g/mol. The number of rotatable bonds is 7. The van der Waals surface area contributed by atoms with E-state index in [1.54, 1.807) is 12.1 Å². The first-order valence-corrected chi connectivity index (χ1v) is 10.9. The number of allylic oxidation sites excluding steroid dienone is 1. The summed E-state index contributed by atoms with van der Waals surface area (Å²) in [6.07, 6.45) is 0.605. The van der Waals surface area contributed by atoms with Gasteiger partial charge in [-0.1, -0.05) is 24.3 Å². The summed E-state index contributed by atoms with van der Waals surface area (Å²) in [5.74, 6) is -1.93. The molecule has 0 amide bonds. The third kappa shape index (κ3) is 4.51. The van der Waals surface area contributed by atoms with Gasteiger partial charge in [0, 0.05) is 12.3 Å². The van der Waals surface area contributed by atoms with Gasteiger partial charge in [0.15, 0.2) is 5.78 Å². The fourth-order valence-corrected chi connectivity index (χ4v) is 4.99. The number of carbonyl (C=O) groups is 2. The number of carbonyl (C=O) groups excluding carboxylic acids is 2. The molecule has 0 fully saturated rings. The smallest absolute Gasteiger partial charge is 0.338 e. The van der Waals surface area contributed by atoms with Crippen molar-refractivity contribution in [1.82, 2.24) is 0 Å². The van der Waals surface area contributed by atoms with Gasteiger partial charge in [-0.25, -0.2) is 13.2 Å². The second-order valence-electron chi connectivity index (χ2n) is 7.06. The highest BCUT2D eigenvalue weighted by molar-refractivity contribution is 7.92. The van der Waals surface area contributed by atoms with E-state index in [1.807, 2.05) is 12.1 Å². The topological polar surface area (TPSA) is 125 Å². The van der Waals surface area contributed by atoms with Gasteiger partial charge in [0.05, 0.1) is 21.7 Å². The van der Waals surface area contributed by atoms with Gasteiger partial charge < -0.3 is 15.3 Å². The van der Waals surface area contributed by atoms with E-state index in [2.05, 4.69) is 0 Å². The van der Waals surface area contributed by atoms with E-state index in [-0.39, 0.29) is 21.7 Å². The number of Topliss-reactive ketones (excluding diaryl/α,β-unsaturated/α-hetero) is 1. The molecule has 2 aromatic carbocycles. The number of hydrogen-bond donors (Lipinski definition) is 2. The monoisotopic (exact) mass is 442 g/mol. The Hall–Kier alpha value is -3.46. The lowest BCUT2D eigenvalue weighted by Crippen LogP contribution is -2.29. The first kappa shape index (κ1) is 22.2. The molecule has 0 aromatic heterocycles. The SMILES string of the molecule is CC(=N)/C(C(C)=O)=C(/O)COC(=O)c1cccc(S(=O)(=O)N2CCc3ccccc32)c1. The number of benzene rings is 2. The minimum Gasteiger partial charge on any atom is -0.508 e. The summed E-state index contributed by atoms with van der Waals surface area (Å²) in [6, 6.07) is 12.7. The summed E-state index contributed by atoms with van der Waals surface area (Å²) in [5.41, 5.74) is 1.16. The third-order valence-electron chi connectivity index (χ3n) is 4.86. The Morgan fingerprint density at radius 2 is 1.84 bits per heavy atom. The highest BCUT2D eigenvalue weighted by atomic mass is 32.2. The predicted molar refractivity (Wildman–Crippen MR) is 115 cm³/mol. The third-order valence-corrected chi connectivity index (χ3v) is 6.67. The number of ketones is 1. The van der Waals surface area contributed by atoms with E-state index in [1.165, 1.54) is 42.4 Å².